The Morgan fingerprint density at radius 1 is 1.24 bits per heavy atom. The Kier molecular flexibility index (Phi) is 3.98. The normalized spacial score (nSPS) is 15.6. The highest BCUT2D eigenvalue weighted by Gasteiger charge is 2.23. The minimum Gasteiger partial charge on any atom is -0.306 e. The Balaban J connectivity index is 2.15. The van der Waals surface area contributed by atoms with Crippen molar-refractivity contribution in [2.24, 2.45) is 0 Å². The third-order valence-electron chi connectivity index (χ3n) is 4.49. The molecule has 2 aromatic rings. The zero-order chi connectivity index (χ0) is 15.0. The van der Waals surface area contributed by atoms with Crippen molar-refractivity contribution in [2.75, 3.05) is 0 Å². The number of nitrogens with one attached hydrogen (secondary N) is 1. The highest BCUT2D eigenvalue weighted by atomic mass is 79.9. The lowest BCUT2D eigenvalue weighted by molar-refractivity contribution is 0.688. The second kappa shape index (κ2) is 5.76. The Labute approximate surface area is 133 Å². The minimum atomic E-state index is -0.0807. The van der Waals surface area contributed by atoms with E-state index in [9.17, 15) is 4.79 Å². The summed E-state index contributed by atoms with van der Waals surface area (Å²) in [5.74, 6) is 1.09. The van der Waals surface area contributed by atoms with Crippen molar-refractivity contribution < 1.29 is 0 Å². The van der Waals surface area contributed by atoms with Gasteiger partial charge in [-0.05, 0) is 53.7 Å². The summed E-state index contributed by atoms with van der Waals surface area (Å²) in [5.41, 5.74) is 4.23. The van der Waals surface area contributed by atoms with Crippen LogP contribution in [0.2, 0.25) is 0 Å². The van der Waals surface area contributed by atoms with Crippen LogP contribution in [0, 0.1) is 13.8 Å². The lowest BCUT2D eigenvalue weighted by Gasteiger charge is -2.14. The molecule has 1 heterocycles. The lowest BCUT2D eigenvalue weighted by atomic mass is 10.0. The summed E-state index contributed by atoms with van der Waals surface area (Å²) in [4.78, 5) is 19.9. The van der Waals surface area contributed by atoms with Gasteiger partial charge in [-0.1, -0.05) is 31.0 Å². The van der Waals surface area contributed by atoms with E-state index in [1.54, 1.807) is 0 Å². The minimum absolute atomic E-state index is 0.0807. The number of aryl methyl sites for hydroxylation is 1. The third-order valence-corrected chi connectivity index (χ3v) is 5.26. The van der Waals surface area contributed by atoms with Crippen molar-refractivity contribution in [1.29, 1.82) is 0 Å². The predicted molar refractivity (Wildman–Crippen MR) is 88.7 cm³/mol. The predicted octanol–water partition coefficient (Wildman–Crippen LogP) is 4.47. The monoisotopic (exact) mass is 346 g/mol. The Hall–Kier alpha value is -1.42. The number of benzene rings is 1. The van der Waals surface area contributed by atoms with E-state index in [2.05, 4.69) is 40.8 Å². The van der Waals surface area contributed by atoms with E-state index in [1.165, 1.54) is 24.0 Å². The van der Waals surface area contributed by atoms with Crippen LogP contribution in [0.3, 0.4) is 0 Å². The summed E-state index contributed by atoms with van der Waals surface area (Å²) in [6, 6.07) is 6.11. The van der Waals surface area contributed by atoms with Crippen molar-refractivity contribution in [3.63, 3.8) is 0 Å². The topological polar surface area (TPSA) is 45.8 Å². The average molecular weight is 347 g/mol. The van der Waals surface area contributed by atoms with Crippen LogP contribution in [-0.2, 0) is 0 Å². The van der Waals surface area contributed by atoms with Gasteiger partial charge in [-0.15, -0.1) is 0 Å². The number of hydrogen-bond donors (Lipinski definition) is 1. The fourth-order valence-electron chi connectivity index (χ4n) is 3.08. The van der Waals surface area contributed by atoms with Crippen LogP contribution >= 0.6 is 15.9 Å². The first-order chi connectivity index (χ1) is 10.1. The van der Waals surface area contributed by atoms with Gasteiger partial charge in [0.2, 0.25) is 0 Å². The molecule has 3 nitrogen and oxygen atoms in total. The molecule has 1 aliphatic carbocycles. The van der Waals surface area contributed by atoms with E-state index in [4.69, 9.17) is 4.98 Å². The van der Waals surface area contributed by atoms with Crippen LogP contribution < -0.4 is 5.56 Å². The molecule has 1 fully saturated rings. The first-order valence-corrected chi connectivity index (χ1v) is 8.23. The van der Waals surface area contributed by atoms with Gasteiger partial charge in [0.05, 0.1) is 5.69 Å². The maximum atomic E-state index is 12.2. The van der Waals surface area contributed by atoms with Gasteiger partial charge in [-0.3, -0.25) is 4.79 Å². The fourth-order valence-corrected chi connectivity index (χ4v) is 3.59. The highest BCUT2D eigenvalue weighted by molar-refractivity contribution is 9.10. The molecule has 1 aromatic heterocycles. The molecular formula is C17H19BrN2O. The van der Waals surface area contributed by atoms with E-state index >= 15 is 0 Å². The van der Waals surface area contributed by atoms with Crippen LogP contribution in [0.4, 0.5) is 0 Å². The molecule has 0 bridgehead atoms. The zero-order valence-electron chi connectivity index (χ0n) is 12.4. The maximum Gasteiger partial charge on any atom is 0.265 e. The zero-order valence-corrected chi connectivity index (χ0v) is 14.0. The summed E-state index contributed by atoms with van der Waals surface area (Å²) in [7, 11) is 0. The van der Waals surface area contributed by atoms with Gasteiger partial charge in [0.25, 0.3) is 5.56 Å². The van der Waals surface area contributed by atoms with Crippen LogP contribution in [0.15, 0.2) is 27.5 Å². The molecule has 1 saturated carbocycles. The van der Waals surface area contributed by atoms with E-state index in [-0.39, 0.29) is 5.56 Å². The van der Waals surface area contributed by atoms with Crippen LogP contribution in [0.25, 0.3) is 11.4 Å². The summed E-state index contributed by atoms with van der Waals surface area (Å²) in [6.07, 6.45) is 4.71. The molecule has 3 rings (SSSR count). The van der Waals surface area contributed by atoms with Gasteiger partial charge in [0.15, 0.2) is 0 Å². The first kappa shape index (κ1) is 14.5. The molecule has 0 unspecified atom stereocenters. The van der Waals surface area contributed by atoms with Crippen LogP contribution in [0.5, 0.6) is 0 Å². The first-order valence-electron chi connectivity index (χ1n) is 7.44. The van der Waals surface area contributed by atoms with E-state index in [0.717, 1.165) is 24.1 Å². The number of rotatable bonds is 2. The fraction of sp³-hybridized carbons (Fsp3) is 0.412. The second-order valence-electron chi connectivity index (χ2n) is 5.84. The van der Waals surface area contributed by atoms with Crippen molar-refractivity contribution in [2.45, 2.75) is 45.4 Å². The van der Waals surface area contributed by atoms with Gasteiger partial charge < -0.3 is 4.98 Å². The van der Waals surface area contributed by atoms with E-state index < -0.39 is 0 Å². The van der Waals surface area contributed by atoms with Crippen molar-refractivity contribution in [1.82, 2.24) is 9.97 Å². The van der Waals surface area contributed by atoms with Gasteiger partial charge >= 0.3 is 0 Å². The van der Waals surface area contributed by atoms with Gasteiger partial charge in [-0.25, -0.2) is 4.98 Å². The van der Waals surface area contributed by atoms with Gasteiger partial charge in [0.1, 0.15) is 10.3 Å². The number of H-pyrrole nitrogens is 1. The molecule has 0 radical (unpaired) electrons. The Morgan fingerprint density at radius 3 is 2.67 bits per heavy atom. The molecular weight excluding hydrogens is 328 g/mol. The summed E-state index contributed by atoms with van der Waals surface area (Å²) in [6.45, 7) is 4.15. The molecule has 110 valence electrons. The molecule has 0 amide bonds. The standard InChI is InChI=1S/C17H19BrN2O/c1-10-6-5-9-13(11(10)2)16-19-15(12-7-3-4-8-12)14(18)17(21)20-16/h5-6,9,12H,3-4,7-8H2,1-2H3,(H,19,20,21). The average Bonchev–Trinajstić information content (AvgIpc) is 2.99. The van der Waals surface area contributed by atoms with Gasteiger partial charge in [0, 0.05) is 11.5 Å². The molecule has 1 aliphatic rings. The summed E-state index contributed by atoms with van der Waals surface area (Å²) in [5, 5.41) is 0. The SMILES string of the molecule is Cc1cccc(-c2nc(C3CCCC3)c(Br)c(=O)[nH]2)c1C. The molecule has 1 aromatic carbocycles. The molecule has 0 aliphatic heterocycles. The molecule has 0 spiro atoms. The molecule has 1 N–H and O–H groups in total. The smallest absolute Gasteiger partial charge is 0.265 e. The van der Waals surface area contributed by atoms with E-state index in [1.807, 2.05) is 12.1 Å². The highest BCUT2D eigenvalue weighted by Crippen LogP contribution is 2.36. The quantitative estimate of drug-likeness (QED) is 0.871. The Bertz CT molecular complexity index is 730. The van der Waals surface area contributed by atoms with Crippen LogP contribution in [0.1, 0.15) is 48.4 Å². The van der Waals surface area contributed by atoms with Crippen LogP contribution in [-0.4, -0.2) is 9.97 Å². The van der Waals surface area contributed by atoms with E-state index in [0.29, 0.717) is 16.2 Å². The molecule has 0 atom stereocenters. The van der Waals surface area contributed by atoms with Gasteiger partial charge in [-0.2, -0.15) is 0 Å². The number of hydrogen-bond acceptors (Lipinski definition) is 2. The number of halogens is 1. The summed E-state index contributed by atoms with van der Waals surface area (Å²) < 4.78 is 0.600. The molecule has 4 heteroatoms. The number of aromatic nitrogens is 2. The number of aromatic amines is 1. The lowest BCUT2D eigenvalue weighted by Crippen LogP contribution is -2.15. The third kappa shape index (κ3) is 2.69. The largest absolute Gasteiger partial charge is 0.306 e. The molecule has 0 saturated heterocycles. The summed E-state index contributed by atoms with van der Waals surface area (Å²) >= 11 is 3.42. The van der Waals surface area contributed by atoms with Crippen molar-refractivity contribution in [3.05, 3.63) is 49.8 Å². The van der Waals surface area contributed by atoms with Crippen molar-refractivity contribution in [3.8, 4) is 11.4 Å². The number of nitrogens with zero attached hydrogens (tertiary/aromatic N) is 1. The Morgan fingerprint density at radius 2 is 1.95 bits per heavy atom. The second-order valence-corrected chi connectivity index (χ2v) is 6.64. The van der Waals surface area contributed by atoms with Crippen molar-refractivity contribution >= 4 is 15.9 Å². The maximum absolute atomic E-state index is 12.2. The molecule has 21 heavy (non-hydrogen) atoms.